The predicted molar refractivity (Wildman–Crippen MR) is 69.3 cm³/mol. The van der Waals surface area contributed by atoms with Gasteiger partial charge in [0, 0.05) is 11.6 Å². The molecule has 2 aromatic rings. The fourth-order valence-corrected chi connectivity index (χ4v) is 1.49. The van der Waals surface area contributed by atoms with Crippen molar-refractivity contribution in [3.05, 3.63) is 88.4 Å². The molecule has 0 fully saturated rings. The summed E-state index contributed by atoms with van der Waals surface area (Å²) >= 11 is 0. The molecule has 88 valence electrons. The molecule has 0 N–H and O–H groups in total. The van der Waals surface area contributed by atoms with Crippen LogP contribution >= 0.6 is 0 Å². The molecule has 0 saturated heterocycles. The maximum absolute atomic E-state index is 11.5. The van der Waals surface area contributed by atoms with Gasteiger partial charge < -0.3 is 0 Å². The maximum atomic E-state index is 11.5. The smallest absolute Gasteiger partial charge is 0.277 e. The van der Waals surface area contributed by atoms with Crippen LogP contribution in [0.3, 0.4) is 0 Å². The standard InChI is InChI=1S/C14H8O4/c15-11-8-10(12(16)14(18)13(11)17)7-6-9-4-2-1-3-5-9/h1-8H. The lowest BCUT2D eigenvalue weighted by Gasteiger charge is -1.91. The van der Waals surface area contributed by atoms with E-state index in [0.717, 1.165) is 11.6 Å². The van der Waals surface area contributed by atoms with Crippen LogP contribution in [0.25, 0.3) is 12.2 Å². The molecule has 0 atom stereocenters. The van der Waals surface area contributed by atoms with Gasteiger partial charge in [0.15, 0.2) is 0 Å². The second-order valence-corrected chi connectivity index (χ2v) is 3.70. The van der Waals surface area contributed by atoms with Crippen molar-refractivity contribution < 1.29 is 0 Å². The summed E-state index contributed by atoms with van der Waals surface area (Å²) in [6.07, 6.45) is 2.96. The van der Waals surface area contributed by atoms with Gasteiger partial charge >= 0.3 is 0 Å². The van der Waals surface area contributed by atoms with Crippen LogP contribution in [0.1, 0.15) is 11.1 Å². The Hall–Kier alpha value is -2.62. The predicted octanol–water partition coefficient (Wildman–Crippen LogP) is 0.173. The molecule has 0 aromatic heterocycles. The van der Waals surface area contributed by atoms with Gasteiger partial charge in [-0.1, -0.05) is 42.5 Å². The molecule has 2 rings (SSSR count). The van der Waals surface area contributed by atoms with Crippen molar-refractivity contribution in [1.29, 1.82) is 0 Å². The summed E-state index contributed by atoms with van der Waals surface area (Å²) in [5.41, 5.74) is -3.66. The molecule has 2 aromatic carbocycles. The van der Waals surface area contributed by atoms with Gasteiger partial charge in [-0.05, 0) is 5.56 Å². The van der Waals surface area contributed by atoms with E-state index in [9.17, 15) is 19.2 Å². The Kier molecular flexibility index (Phi) is 3.10. The van der Waals surface area contributed by atoms with E-state index < -0.39 is 21.7 Å². The van der Waals surface area contributed by atoms with Gasteiger partial charge in [-0.25, -0.2) is 0 Å². The fraction of sp³-hybridized carbons (Fsp3) is 0. The Labute approximate surface area is 101 Å². The van der Waals surface area contributed by atoms with E-state index in [4.69, 9.17) is 0 Å². The lowest BCUT2D eigenvalue weighted by atomic mass is 10.1. The highest BCUT2D eigenvalue weighted by Gasteiger charge is 2.07. The van der Waals surface area contributed by atoms with Crippen molar-refractivity contribution in [1.82, 2.24) is 0 Å². The third-order valence-corrected chi connectivity index (χ3v) is 2.44. The van der Waals surface area contributed by atoms with Crippen molar-refractivity contribution in [3.63, 3.8) is 0 Å². The van der Waals surface area contributed by atoms with Crippen LogP contribution in [0.15, 0.2) is 55.6 Å². The van der Waals surface area contributed by atoms with Gasteiger partial charge in [-0.2, -0.15) is 0 Å². The molecule has 0 bridgehead atoms. The molecule has 0 saturated carbocycles. The molecule has 0 heterocycles. The number of hydrogen-bond donors (Lipinski definition) is 0. The third-order valence-electron chi connectivity index (χ3n) is 2.44. The Morgan fingerprint density at radius 1 is 0.722 bits per heavy atom. The first-order valence-corrected chi connectivity index (χ1v) is 5.22. The summed E-state index contributed by atoms with van der Waals surface area (Å²) in [6, 6.07) is 9.98. The van der Waals surface area contributed by atoms with Crippen molar-refractivity contribution in [3.8, 4) is 0 Å². The van der Waals surface area contributed by atoms with E-state index in [1.807, 2.05) is 18.2 Å². The van der Waals surface area contributed by atoms with E-state index in [2.05, 4.69) is 0 Å². The molecule has 0 spiro atoms. The van der Waals surface area contributed by atoms with Crippen LogP contribution in [0.4, 0.5) is 0 Å². The molecule has 4 heteroatoms. The molecule has 18 heavy (non-hydrogen) atoms. The zero-order valence-electron chi connectivity index (χ0n) is 9.25. The molecule has 0 aliphatic heterocycles. The van der Waals surface area contributed by atoms with Crippen LogP contribution in [0.2, 0.25) is 0 Å². The number of benzene rings is 2. The third kappa shape index (κ3) is 2.22. The quantitative estimate of drug-likeness (QED) is 0.554. The summed E-state index contributed by atoms with van der Waals surface area (Å²) < 4.78 is 0. The van der Waals surface area contributed by atoms with E-state index in [-0.39, 0.29) is 5.56 Å². The van der Waals surface area contributed by atoms with Gasteiger partial charge in [0.25, 0.3) is 10.9 Å². The molecule has 0 unspecified atom stereocenters. The lowest BCUT2D eigenvalue weighted by Crippen LogP contribution is -2.47. The minimum absolute atomic E-state index is 0.0616. The Morgan fingerprint density at radius 2 is 1.39 bits per heavy atom. The van der Waals surface area contributed by atoms with Crippen molar-refractivity contribution >= 4 is 12.2 Å². The van der Waals surface area contributed by atoms with Crippen molar-refractivity contribution in [2.45, 2.75) is 0 Å². The normalized spacial score (nSPS) is 10.9. The second-order valence-electron chi connectivity index (χ2n) is 3.70. The zero-order valence-corrected chi connectivity index (χ0v) is 9.25. The molecule has 0 aliphatic rings. The van der Waals surface area contributed by atoms with Crippen LogP contribution < -0.4 is 21.7 Å². The fourth-order valence-electron chi connectivity index (χ4n) is 1.49. The minimum atomic E-state index is -1.27. The topological polar surface area (TPSA) is 68.3 Å². The largest absolute Gasteiger partial charge is 0.285 e. The lowest BCUT2D eigenvalue weighted by molar-refractivity contribution is 1.33. The van der Waals surface area contributed by atoms with Gasteiger partial charge in [-0.3, -0.25) is 19.2 Å². The van der Waals surface area contributed by atoms with Gasteiger partial charge in [-0.15, -0.1) is 0 Å². The van der Waals surface area contributed by atoms with Crippen molar-refractivity contribution in [2.75, 3.05) is 0 Å². The highest BCUT2D eigenvalue weighted by molar-refractivity contribution is 5.69. The van der Waals surface area contributed by atoms with E-state index in [1.165, 1.54) is 6.08 Å². The van der Waals surface area contributed by atoms with E-state index >= 15 is 0 Å². The first-order valence-electron chi connectivity index (χ1n) is 5.22. The Bertz CT molecular complexity index is 794. The van der Waals surface area contributed by atoms with Crippen LogP contribution in [0.5, 0.6) is 0 Å². The van der Waals surface area contributed by atoms with Crippen LogP contribution in [-0.2, 0) is 0 Å². The van der Waals surface area contributed by atoms with E-state index in [0.29, 0.717) is 0 Å². The Balaban J connectivity index is 2.52. The average molecular weight is 240 g/mol. The number of hydrogen-bond acceptors (Lipinski definition) is 4. The highest BCUT2D eigenvalue weighted by atomic mass is 16.2. The summed E-state index contributed by atoms with van der Waals surface area (Å²) in [5.74, 6) is 0. The Morgan fingerprint density at radius 3 is 2.06 bits per heavy atom. The first-order chi connectivity index (χ1) is 8.59. The molecule has 0 radical (unpaired) electrons. The zero-order chi connectivity index (χ0) is 13.1. The molecule has 4 nitrogen and oxygen atoms in total. The molecular weight excluding hydrogens is 232 g/mol. The second kappa shape index (κ2) is 4.71. The number of rotatable bonds is 2. The SMILES string of the molecule is O=c1cc(C=Cc2ccccc2)c(=O)c(=O)c1=O. The van der Waals surface area contributed by atoms with Crippen LogP contribution in [-0.4, -0.2) is 0 Å². The molecule has 0 aliphatic carbocycles. The minimum Gasteiger partial charge on any atom is -0.285 e. The summed E-state index contributed by atoms with van der Waals surface area (Å²) in [4.78, 5) is 44.7. The monoisotopic (exact) mass is 240 g/mol. The highest BCUT2D eigenvalue weighted by Crippen LogP contribution is 2.03. The average Bonchev–Trinajstić information content (AvgIpc) is 2.40. The van der Waals surface area contributed by atoms with Crippen molar-refractivity contribution in [2.24, 2.45) is 0 Å². The molecule has 0 amide bonds. The summed E-state index contributed by atoms with van der Waals surface area (Å²) in [7, 11) is 0. The van der Waals surface area contributed by atoms with Crippen LogP contribution in [0, 0.1) is 0 Å². The van der Waals surface area contributed by atoms with Gasteiger partial charge in [0.1, 0.15) is 0 Å². The van der Waals surface area contributed by atoms with Gasteiger partial charge in [0.2, 0.25) is 10.9 Å². The first kappa shape index (κ1) is 11.9. The van der Waals surface area contributed by atoms with E-state index in [1.54, 1.807) is 18.2 Å². The summed E-state index contributed by atoms with van der Waals surface area (Å²) in [5, 5.41) is 0. The summed E-state index contributed by atoms with van der Waals surface area (Å²) in [6.45, 7) is 0. The van der Waals surface area contributed by atoms with Gasteiger partial charge in [0.05, 0.1) is 0 Å². The maximum Gasteiger partial charge on any atom is 0.277 e. The molecular formula is C14H8O4.